The molecule has 0 bridgehead atoms. The Bertz CT molecular complexity index is 863. The molecule has 2 aromatic carbocycles. The van der Waals surface area contributed by atoms with Gasteiger partial charge >= 0.3 is 0 Å². The van der Waals surface area contributed by atoms with Crippen LogP contribution in [-0.4, -0.2) is 16.6 Å². The van der Waals surface area contributed by atoms with Crippen molar-refractivity contribution in [2.45, 2.75) is 6.04 Å². The third-order valence-electron chi connectivity index (χ3n) is 3.53. The SMILES string of the molecule is N#Cc1cnc(NC(COc2ccccc2F)c2ccccc2)cn1. The summed E-state index contributed by atoms with van der Waals surface area (Å²) >= 11 is 0. The average molecular weight is 334 g/mol. The van der Waals surface area contributed by atoms with Crippen LogP contribution in [0.2, 0.25) is 0 Å². The lowest BCUT2D eigenvalue weighted by Crippen LogP contribution is -2.20. The predicted octanol–water partition coefficient (Wildman–Crippen LogP) is 3.72. The molecule has 0 saturated carbocycles. The quantitative estimate of drug-likeness (QED) is 0.744. The molecule has 124 valence electrons. The molecule has 5 nitrogen and oxygen atoms in total. The Balaban J connectivity index is 1.78. The van der Waals surface area contributed by atoms with Crippen LogP contribution in [0.5, 0.6) is 5.75 Å². The van der Waals surface area contributed by atoms with Crippen molar-refractivity contribution >= 4 is 5.82 Å². The molecular weight excluding hydrogens is 319 g/mol. The van der Waals surface area contributed by atoms with E-state index in [0.29, 0.717) is 5.82 Å². The van der Waals surface area contributed by atoms with E-state index < -0.39 is 5.82 Å². The Morgan fingerprint density at radius 3 is 2.48 bits per heavy atom. The number of aromatic nitrogens is 2. The highest BCUT2D eigenvalue weighted by atomic mass is 19.1. The number of rotatable bonds is 6. The Kier molecular flexibility index (Phi) is 5.17. The van der Waals surface area contributed by atoms with Gasteiger partial charge in [-0.25, -0.2) is 14.4 Å². The first kappa shape index (κ1) is 16.4. The minimum Gasteiger partial charge on any atom is -0.488 e. The van der Waals surface area contributed by atoms with E-state index in [0.717, 1.165) is 5.56 Å². The van der Waals surface area contributed by atoms with Crippen LogP contribution in [0.1, 0.15) is 17.3 Å². The van der Waals surface area contributed by atoms with Crippen LogP contribution in [-0.2, 0) is 0 Å². The van der Waals surface area contributed by atoms with Crippen LogP contribution in [0, 0.1) is 17.1 Å². The van der Waals surface area contributed by atoms with E-state index in [2.05, 4.69) is 15.3 Å². The maximum Gasteiger partial charge on any atom is 0.165 e. The number of para-hydroxylation sites is 1. The fourth-order valence-corrected chi connectivity index (χ4v) is 2.28. The van der Waals surface area contributed by atoms with Crippen molar-refractivity contribution in [1.82, 2.24) is 9.97 Å². The van der Waals surface area contributed by atoms with Gasteiger partial charge in [-0.3, -0.25) is 0 Å². The van der Waals surface area contributed by atoms with E-state index in [1.165, 1.54) is 18.5 Å². The molecule has 1 heterocycles. The largest absolute Gasteiger partial charge is 0.488 e. The van der Waals surface area contributed by atoms with Gasteiger partial charge in [0.2, 0.25) is 0 Å². The van der Waals surface area contributed by atoms with Crippen molar-refractivity contribution in [3.63, 3.8) is 0 Å². The number of anilines is 1. The summed E-state index contributed by atoms with van der Waals surface area (Å²) < 4.78 is 19.4. The van der Waals surface area contributed by atoms with Gasteiger partial charge in [-0.15, -0.1) is 0 Å². The van der Waals surface area contributed by atoms with Gasteiger partial charge in [-0.1, -0.05) is 42.5 Å². The fourth-order valence-electron chi connectivity index (χ4n) is 2.28. The number of hydrogen-bond acceptors (Lipinski definition) is 5. The lowest BCUT2D eigenvalue weighted by molar-refractivity contribution is 0.284. The van der Waals surface area contributed by atoms with Crippen LogP contribution >= 0.6 is 0 Å². The standard InChI is InChI=1S/C19H15FN4O/c20-16-8-4-5-9-18(16)25-13-17(14-6-2-1-3-7-14)24-19-12-22-15(10-21)11-23-19/h1-9,11-12,17H,13H2,(H,23,24). The molecule has 1 N–H and O–H groups in total. The van der Waals surface area contributed by atoms with E-state index in [4.69, 9.17) is 10.00 Å². The zero-order chi connectivity index (χ0) is 17.5. The van der Waals surface area contributed by atoms with Crippen molar-refractivity contribution < 1.29 is 9.13 Å². The number of hydrogen-bond donors (Lipinski definition) is 1. The molecule has 6 heteroatoms. The van der Waals surface area contributed by atoms with Crippen molar-refractivity contribution in [3.05, 3.63) is 84.1 Å². The van der Waals surface area contributed by atoms with Crippen LogP contribution in [0.15, 0.2) is 67.0 Å². The van der Waals surface area contributed by atoms with Crippen molar-refractivity contribution in [2.24, 2.45) is 0 Å². The summed E-state index contributed by atoms with van der Waals surface area (Å²) in [5.74, 6) is 0.286. The Morgan fingerprint density at radius 1 is 1.04 bits per heavy atom. The smallest absolute Gasteiger partial charge is 0.165 e. The van der Waals surface area contributed by atoms with Gasteiger partial charge in [0.25, 0.3) is 0 Å². The third kappa shape index (κ3) is 4.30. The van der Waals surface area contributed by atoms with Gasteiger partial charge in [-0.05, 0) is 17.7 Å². The van der Waals surface area contributed by atoms with Crippen molar-refractivity contribution in [2.75, 3.05) is 11.9 Å². The lowest BCUT2D eigenvalue weighted by Gasteiger charge is -2.20. The predicted molar refractivity (Wildman–Crippen MR) is 91.4 cm³/mol. The summed E-state index contributed by atoms with van der Waals surface area (Å²) in [6.07, 6.45) is 2.87. The molecule has 0 radical (unpaired) electrons. The number of halogens is 1. The fraction of sp³-hybridized carbons (Fsp3) is 0.105. The van der Waals surface area contributed by atoms with Crippen LogP contribution in [0.25, 0.3) is 0 Å². The molecule has 0 aliphatic heterocycles. The molecule has 0 saturated heterocycles. The highest BCUT2D eigenvalue weighted by Gasteiger charge is 2.14. The van der Waals surface area contributed by atoms with E-state index in [1.807, 2.05) is 36.4 Å². The van der Waals surface area contributed by atoms with E-state index >= 15 is 0 Å². The summed E-state index contributed by atoms with van der Waals surface area (Å²) in [6.45, 7) is 0.201. The van der Waals surface area contributed by atoms with Crippen LogP contribution in [0.3, 0.4) is 0 Å². The second-order valence-corrected chi connectivity index (χ2v) is 5.25. The van der Waals surface area contributed by atoms with Crippen molar-refractivity contribution in [3.8, 4) is 11.8 Å². The number of benzene rings is 2. The summed E-state index contributed by atoms with van der Waals surface area (Å²) in [5, 5.41) is 12.0. The molecular formula is C19H15FN4O. The molecule has 0 spiro atoms. The molecule has 1 aromatic heterocycles. The average Bonchev–Trinajstić information content (AvgIpc) is 2.67. The highest BCUT2D eigenvalue weighted by molar-refractivity contribution is 5.38. The molecule has 1 unspecified atom stereocenters. The monoisotopic (exact) mass is 334 g/mol. The molecule has 0 amide bonds. The van der Waals surface area contributed by atoms with Gasteiger partial charge in [0.05, 0.1) is 18.4 Å². The molecule has 1 atom stereocenters. The zero-order valence-electron chi connectivity index (χ0n) is 13.3. The topological polar surface area (TPSA) is 70.8 Å². The van der Waals surface area contributed by atoms with E-state index in [1.54, 1.807) is 18.2 Å². The third-order valence-corrected chi connectivity index (χ3v) is 3.53. The van der Waals surface area contributed by atoms with E-state index in [-0.39, 0.29) is 24.1 Å². The second kappa shape index (κ2) is 7.88. The molecule has 0 fully saturated rings. The maximum atomic E-state index is 13.8. The van der Waals surface area contributed by atoms with Crippen LogP contribution < -0.4 is 10.1 Å². The first-order valence-corrected chi connectivity index (χ1v) is 7.67. The lowest BCUT2D eigenvalue weighted by atomic mass is 10.1. The summed E-state index contributed by atoms with van der Waals surface area (Å²) in [4.78, 5) is 8.15. The van der Waals surface area contributed by atoms with Crippen LogP contribution in [0.4, 0.5) is 10.2 Å². The molecule has 0 aliphatic carbocycles. The first-order valence-electron chi connectivity index (χ1n) is 7.67. The Labute approximate surface area is 144 Å². The van der Waals surface area contributed by atoms with Gasteiger partial charge in [-0.2, -0.15) is 5.26 Å². The number of nitrogens with one attached hydrogen (secondary N) is 1. The number of nitrogens with zero attached hydrogens (tertiary/aromatic N) is 3. The molecule has 0 aliphatic rings. The van der Waals surface area contributed by atoms with Gasteiger partial charge in [0, 0.05) is 0 Å². The van der Waals surface area contributed by atoms with Gasteiger partial charge < -0.3 is 10.1 Å². The number of ether oxygens (including phenoxy) is 1. The normalized spacial score (nSPS) is 11.4. The maximum absolute atomic E-state index is 13.8. The summed E-state index contributed by atoms with van der Waals surface area (Å²) in [5.41, 5.74) is 1.20. The first-order chi connectivity index (χ1) is 12.3. The Morgan fingerprint density at radius 2 is 1.80 bits per heavy atom. The summed E-state index contributed by atoms with van der Waals surface area (Å²) in [6, 6.07) is 17.6. The van der Waals surface area contributed by atoms with Gasteiger partial charge in [0.15, 0.2) is 17.3 Å². The van der Waals surface area contributed by atoms with Gasteiger partial charge in [0.1, 0.15) is 18.5 Å². The number of nitriles is 1. The second-order valence-electron chi connectivity index (χ2n) is 5.25. The molecule has 3 rings (SSSR count). The summed E-state index contributed by atoms with van der Waals surface area (Å²) in [7, 11) is 0. The molecule has 3 aromatic rings. The van der Waals surface area contributed by atoms with Crippen molar-refractivity contribution in [1.29, 1.82) is 5.26 Å². The minimum absolute atomic E-state index is 0.191. The van der Waals surface area contributed by atoms with E-state index in [9.17, 15) is 4.39 Å². The zero-order valence-corrected chi connectivity index (χ0v) is 13.3. The minimum atomic E-state index is -0.410. The highest BCUT2D eigenvalue weighted by Crippen LogP contribution is 2.21. The Hall–Kier alpha value is -3.46. The molecule has 25 heavy (non-hydrogen) atoms.